The number of fused-ring (bicyclic) bond motifs is 5. The quantitative estimate of drug-likeness (QED) is 0.358. The SMILES string of the molecule is CC1=C/C(=N/O)C[C@H]2CC[C@H]3[C@@H]4CC[C@H]([C@H](C)CCCC(C)C)[C@@]4(C)CC[C@@H]3[C@@]12C. The lowest BCUT2D eigenvalue weighted by Gasteiger charge is -2.60. The van der Waals surface area contributed by atoms with Crippen molar-refractivity contribution in [1.29, 1.82) is 0 Å². The molecule has 8 atom stereocenters. The molecule has 0 heterocycles. The van der Waals surface area contributed by atoms with Crippen molar-refractivity contribution in [3.05, 3.63) is 11.6 Å². The molecule has 0 aromatic carbocycles. The molecule has 0 saturated heterocycles. The van der Waals surface area contributed by atoms with Gasteiger partial charge < -0.3 is 5.21 Å². The first-order chi connectivity index (χ1) is 14.2. The number of hydrogen-bond donors (Lipinski definition) is 1. The van der Waals surface area contributed by atoms with Gasteiger partial charge in [-0.15, -0.1) is 0 Å². The molecule has 1 N–H and O–H groups in total. The van der Waals surface area contributed by atoms with E-state index < -0.39 is 0 Å². The van der Waals surface area contributed by atoms with Gasteiger partial charge in [0.15, 0.2) is 0 Å². The minimum absolute atomic E-state index is 0.319. The zero-order valence-corrected chi connectivity index (χ0v) is 20.6. The molecule has 0 aromatic heterocycles. The van der Waals surface area contributed by atoms with Crippen LogP contribution in [-0.2, 0) is 0 Å². The van der Waals surface area contributed by atoms with Gasteiger partial charge in [-0.05, 0) is 110 Å². The van der Waals surface area contributed by atoms with Gasteiger partial charge >= 0.3 is 0 Å². The first-order valence-corrected chi connectivity index (χ1v) is 13.1. The molecule has 4 rings (SSSR count). The van der Waals surface area contributed by atoms with Gasteiger partial charge in [0.2, 0.25) is 0 Å². The van der Waals surface area contributed by atoms with Crippen molar-refractivity contribution in [2.75, 3.05) is 0 Å². The Morgan fingerprint density at radius 3 is 2.50 bits per heavy atom. The highest BCUT2D eigenvalue weighted by Gasteiger charge is 2.60. The molecule has 0 aliphatic heterocycles. The monoisotopic (exact) mass is 413 g/mol. The maximum absolute atomic E-state index is 9.39. The molecular weight excluding hydrogens is 366 g/mol. The molecule has 0 aromatic rings. The Hall–Kier alpha value is -0.790. The molecule has 30 heavy (non-hydrogen) atoms. The van der Waals surface area contributed by atoms with E-state index in [1.54, 1.807) is 0 Å². The fourth-order valence-corrected chi connectivity index (χ4v) is 9.17. The van der Waals surface area contributed by atoms with Crippen molar-refractivity contribution in [3.8, 4) is 0 Å². The minimum Gasteiger partial charge on any atom is -0.411 e. The molecule has 4 aliphatic rings. The van der Waals surface area contributed by atoms with Gasteiger partial charge in [-0.1, -0.05) is 64.6 Å². The molecule has 170 valence electrons. The maximum atomic E-state index is 9.39. The van der Waals surface area contributed by atoms with E-state index in [-0.39, 0.29) is 0 Å². The van der Waals surface area contributed by atoms with Crippen LogP contribution in [0.5, 0.6) is 0 Å². The highest BCUT2D eigenvalue weighted by atomic mass is 16.4. The summed E-state index contributed by atoms with van der Waals surface area (Å²) in [6.07, 6.45) is 16.0. The third-order valence-corrected chi connectivity index (χ3v) is 10.9. The summed E-state index contributed by atoms with van der Waals surface area (Å²) in [4.78, 5) is 0. The number of nitrogens with zero attached hydrogens (tertiary/aromatic N) is 1. The van der Waals surface area contributed by atoms with Crippen LogP contribution in [0.25, 0.3) is 0 Å². The Bertz CT molecular complexity index is 693. The van der Waals surface area contributed by atoms with Crippen LogP contribution >= 0.6 is 0 Å². The van der Waals surface area contributed by atoms with Gasteiger partial charge in [0, 0.05) is 0 Å². The van der Waals surface area contributed by atoms with Crippen LogP contribution in [0.4, 0.5) is 0 Å². The molecular formula is C28H47NO. The Morgan fingerprint density at radius 2 is 1.80 bits per heavy atom. The minimum atomic E-state index is 0.319. The second kappa shape index (κ2) is 8.28. The van der Waals surface area contributed by atoms with Gasteiger partial charge in [0.25, 0.3) is 0 Å². The zero-order chi connectivity index (χ0) is 21.7. The summed E-state index contributed by atoms with van der Waals surface area (Å²) in [6, 6.07) is 0. The van der Waals surface area contributed by atoms with Gasteiger partial charge in [0.1, 0.15) is 0 Å². The Labute approximate surface area is 186 Å². The second-order valence-electron chi connectivity index (χ2n) is 12.6. The predicted octanol–water partition coefficient (Wildman–Crippen LogP) is 8.10. The van der Waals surface area contributed by atoms with Gasteiger partial charge in [-0.3, -0.25) is 0 Å². The average molecular weight is 414 g/mol. The largest absolute Gasteiger partial charge is 0.411 e. The molecule has 0 spiro atoms. The van der Waals surface area contributed by atoms with Crippen LogP contribution in [-0.4, -0.2) is 10.9 Å². The smallest absolute Gasteiger partial charge is 0.0798 e. The Morgan fingerprint density at radius 1 is 1.03 bits per heavy atom. The van der Waals surface area contributed by atoms with Crippen molar-refractivity contribution in [2.45, 2.75) is 106 Å². The molecule has 3 fully saturated rings. The van der Waals surface area contributed by atoms with Crippen molar-refractivity contribution in [1.82, 2.24) is 0 Å². The molecule has 4 aliphatic carbocycles. The second-order valence-corrected chi connectivity index (χ2v) is 12.6. The highest BCUT2D eigenvalue weighted by molar-refractivity contribution is 5.96. The molecule has 0 unspecified atom stereocenters. The summed E-state index contributed by atoms with van der Waals surface area (Å²) in [5.41, 5.74) is 3.29. The number of oxime groups is 1. The van der Waals surface area contributed by atoms with Crippen LogP contribution in [0.1, 0.15) is 106 Å². The lowest BCUT2D eigenvalue weighted by atomic mass is 9.44. The van der Waals surface area contributed by atoms with Gasteiger partial charge in [-0.25, -0.2) is 0 Å². The lowest BCUT2D eigenvalue weighted by Crippen LogP contribution is -2.54. The molecule has 2 nitrogen and oxygen atoms in total. The van der Waals surface area contributed by atoms with Gasteiger partial charge in [0.05, 0.1) is 5.71 Å². The van der Waals surface area contributed by atoms with E-state index in [0.29, 0.717) is 16.7 Å². The molecule has 3 saturated carbocycles. The topological polar surface area (TPSA) is 32.6 Å². The zero-order valence-electron chi connectivity index (χ0n) is 20.6. The average Bonchev–Trinajstić information content (AvgIpc) is 3.05. The third-order valence-electron chi connectivity index (χ3n) is 10.9. The third kappa shape index (κ3) is 3.49. The summed E-state index contributed by atoms with van der Waals surface area (Å²) in [6.45, 7) is 14.9. The summed E-state index contributed by atoms with van der Waals surface area (Å²) in [5.74, 6) is 6.03. The standard InChI is InChI=1S/C28H47NO/c1-18(2)8-7-9-19(3)24-12-13-25-23-11-10-21-17-22(29-30)16-20(4)28(21,6)26(23)14-15-27(24,25)5/h16,18-19,21,23-26,30H,7-15,17H2,1-6H3/b29-22-/t19-,21-,23+,24-,25+,26+,27-,28+/m1/s1. The Kier molecular flexibility index (Phi) is 6.19. The van der Waals surface area contributed by atoms with Crippen molar-refractivity contribution in [3.63, 3.8) is 0 Å². The first-order valence-electron chi connectivity index (χ1n) is 13.1. The van der Waals surface area contributed by atoms with Crippen molar-refractivity contribution in [2.24, 2.45) is 57.4 Å². The predicted molar refractivity (Wildman–Crippen MR) is 127 cm³/mol. The van der Waals surface area contributed by atoms with E-state index in [2.05, 4.69) is 52.8 Å². The summed E-state index contributed by atoms with van der Waals surface area (Å²) < 4.78 is 0. The van der Waals surface area contributed by atoms with E-state index >= 15 is 0 Å². The summed E-state index contributed by atoms with van der Waals surface area (Å²) >= 11 is 0. The number of rotatable bonds is 5. The maximum Gasteiger partial charge on any atom is 0.0798 e. The number of hydrogen-bond acceptors (Lipinski definition) is 2. The fourth-order valence-electron chi connectivity index (χ4n) is 9.17. The Balaban J connectivity index is 1.52. The van der Waals surface area contributed by atoms with Crippen LogP contribution < -0.4 is 0 Å². The molecule has 0 bridgehead atoms. The normalized spacial score (nSPS) is 45.6. The van der Waals surface area contributed by atoms with Crippen LogP contribution in [0.15, 0.2) is 16.8 Å². The molecule has 0 radical (unpaired) electrons. The van der Waals surface area contributed by atoms with Crippen LogP contribution in [0.3, 0.4) is 0 Å². The highest BCUT2D eigenvalue weighted by Crippen LogP contribution is 2.68. The van der Waals surface area contributed by atoms with E-state index in [1.165, 1.54) is 63.4 Å². The molecule has 0 amide bonds. The van der Waals surface area contributed by atoms with Crippen LogP contribution in [0.2, 0.25) is 0 Å². The summed E-state index contributed by atoms with van der Waals surface area (Å²) in [7, 11) is 0. The first kappa shape index (κ1) is 22.4. The van der Waals surface area contributed by atoms with E-state index in [4.69, 9.17) is 0 Å². The van der Waals surface area contributed by atoms with Crippen LogP contribution in [0, 0.1) is 52.3 Å². The van der Waals surface area contributed by atoms with Gasteiger partial charge in [-0.2, -0.15) is 0 Å². The van der Waals surface area contributed by atoms with E-state index in [9.17, 15) is 5.21 Å². The van der Waals surface area contributed by atoms with E-state index in [1.807, 2.05) is 0 Å². The molecule has 2 heteroatoms. The lowest BCUT2D eigenvalue weighted by molar-refractivity contribution is -0.0852. The number of allylic oxidation sites excluding steroid dienone is 2. The summed E-state index contributed by atoms with van der Waals surface area (Å²) in [5, 5.41) is 13.0. The van der Waals surface area contributed by atoms with E-state index in [0.717, 1.165) is 47.6 Å². The fraction of sp³-hybridized carbons (Fsp3) is 0.893. The van der Waals surface area contributed by atoms with Crippen molar-refractivity contribution < 1.29 is 5.21 Å². The van der Waals surface area contributed by atoms with Crippen molar-refractivity contribution >= 4 is 5.71 Å².